The summed E-state index contributed by atoms with van der Waals surface area (Å²) in [4.78, 5) is 0. The summed E-state index contributed by atoms with van der Waals surface area (Å²) in [6, 6.07) is -0.0532. The molecule has 6 heteroatoms. The molecular formula is C8H16ClNO3S. The van der Waals surface area contributed by atoms with Crippen LogP contribution in [0, 0.1) is 0 Å². The van der Waals surface area contributed by atoms with Gasteiger partial charge in [0, 0.05) is 12.6 Å². The smallest absolute Gasteiger partial charge is 0.225 e. The van der Waals surface area contributed by atoms with Crippen molar-refractivity contribution >= 4 is 21.6 Å². The molecular weight excluding hydrogens is 226 g/mol. The minimum Gasteiger partial charge on any atom is -0.375 e. The van der Waals surface area contributed by atoms with Gasteiger partial charge in [-0.05, 0) is 26.7 Å². The predicted octanol–water partition coefficient (Wildman–Crippen LogP) is 1.06. The van der Waals surface area contributed by atoms with Crippen LogP contribution in [0.5, 0.6) is 0 Å². The van der Waals surface area contributed by atoms with Gasteiger partial charge in [-0.25, -0.2) is 13.1 Å². The molecule has 0 aromatic carbocycles. The Morgan fingerprint density at radius 3 is 2.71 bits per heavy atom. The van der Waals surface area contributed by atoms with Gasteiger partial charge in [-0.2, -0.15) is 0 Å². The molecule has 0 aromatic heterocycles. The van der Waals surface area contributed by atoms with Crippen LogP contribution in [0.2, 0.25) is 0 Å². The van der Waals surface area contributed by atoms with Gasteiger partial charge < -0.3 is 4.74 Å². The Bertz CT molecular complexity index is 289. The first-order valence-corrected chi connectivity index (χ1v) is 6.73. The molecule has 0 saturated carbocycles. The largest absolute Gasteiger partial charge is 0.375 e. The molecule has 0 aromatic rings. The molecule has 1 saturated heterocycles. The summed E-state index contributed by atoms with van der Waals surface area (Å²) in [5.41, 5.74) is -0.252. The van der Waals surface area contributed by atoms with E-state index in [0.29, 0.717) is 19.4 Å². The van der Waals surface area contributed by atoms with Gasteiger partial charge in [-0.3, -0.25) is 0 Å². The fourth-order valence-electron chi connectivity index (χ4n) is 1.62. The van der Waals surface area contributed by atoms with Gasteiger partial charge >= 0.3 is 0 Å². The van der Waals surface area contributed by atoms with Crippen molar-refractivity contribution < 1.29 is 13.2 Å². The molecule has 0 aliphatic carbocycles. The first-order chi connectivity index (χ1) is 6.35. The predicted molar refractivity (Wildman–Crippen MR) is 55.8 cm³/mol. The zero-order valence-electron chi connectivity index (χ0n) is 8.42. The number of nitrogens with one attached hydrogen (secondary N) is 1. The molecule has 4 nitrogen and oxygen atoms in total. The second kappa shape index (κ2) is 4.35. The Labute approximate surface area is 90.0 Å². The lowest BCUT2D eigenvalue weighted by Gasteiger charge is -2.35. The third kappa shape index (κ3) is 3.73. The van der Waals surface area contributed by atoms with Crippen LogP contribution in [0.25, 0.3) is 0 Å². The summed E-state index contributed by atoms with van der Waals surface area (Å²) in [5.74, 6) is 0. The summed E-state index contributed by atoms with van der Waals surface area (Å²) in [5, 5.41) is -0.384. The maximum absolute atomic E-state index is 11.2. The number of alkyl halides is 1. The van der Waals surface area contributed by atoms with Gasteiger partial charge in [0.1, 0.15) is 5.21 Å². The van der Waals surface area contributed by atoms with Gasteiger partial charge in [0.2, 0.25) is 10.0 Å². The van der Waals surface area contributed by atoms with E-state index in [-0.39, 0.29) is 16.9 Å². The molecule has 1 aliphatic rings. The van der Waals surface area contributed by atoms with E-state index in [1.165, 1.54) is 0 Å². The molecule has 1 fully saturated rings. The maximum Gasteiger partial charge on any atom is 0.225 e. The van der Waals surface area contributed by atoms with Gasteiger partial charge in [-0.1, -0.05) is 0 Å². The molecule has 1 rings (SSSR count). The molecule has 1 unspecified atom stereocenters. The Morgan fingerprint density at radius 1 is 1.57 bits per heavy atom. The molecule has 84 valence electrons. The highest BCUT2D eigenvalue weighted by atomic mass is 35.5. The third-order valence-corrected chi connectivity index (χ3v) is 4.03. The SMILES string of the molecule is CC1(C)CC(NS(=O)(=O)CCl)CCO1. The fraction of sp³-hybridized carbons (Fsp3) is 1.00. The standard InChI is InChI=1S/C8H16ClNO3S/c1-8(2)5-7(3-4-13-8)10-14(11,12)6-9/h7,10H,3-6H2,1-2H3. The van der Waals surface area contributed by atoms with Crippen molar-refractivity contribution in [2.24, 2.45) is 0 Å². The quantitative estimate of drug-likeness (QED) is 0.752. The zero-order chi connectivity index (χ0) is 10.8. The van der Waals surface area contributed by atoms with Crippen molar-refractivity contribution in [3.63, 3.8) is 0 Å². The lowest BCUT2D eigenvalue weighted by atomic mass is 9.95. The zero-order valence-corrected chi connectivity index (χ0v) is 9.99. The minimum absolute atomic E-state index is 0.0532. The number of halogens is 1. The molecule has 1 heterocycles. The van der Waals surface area contributed by atoms with Crippen LogP contribution in [0.1, 0.15) is 26.7 Å². The van der Waals surface area contributed by atoms with Crippen LogP contribution in [0.4, 0.5) is 0 Å². The van der Waals surface area contributed by atoms with E-state index >= 15 is 0 Å². The summed E-state index contributed by atoms with van der Waals surface area (Å²) in [7, 11) is -3.31. The first kappa shape index (κ1) is 12.2. The van der Waals surface area contributed by atoms with Gasteiger partial charge in [-0.15, -0.1) is 11.6 Å². The van der Waals surface area contributed by atoms with Crippen LogP contribution in [-0.2, 0) is 14.8 Å². The third-order valence-electron chi connectivity index (χ3n) is 2.19. The second-order valence-corrected chi connectivity index (χ2v) is 6.48. The summed E-state index contributed by atoms with van der Waals surface area (Å²) in [6.45, 7) is 4.49. The molecule has 1 N–H and O–H groups in total. The van der Waals surface area contributed by atoms with Gasteiger partial charge in [0.25, 0.3) is 0 Å². The number of ether oxygens (including phenoxy) is 1. The highest BCUT2D eigenvalue weighted by Gasteiger charge is 2.30. The summed E-state index contributed by atoms with van der Waals surface area (Å²) in [6.07, 6.45) is 1.39. The number of hydrogen-bond donors (Lipinski definition) is 1. The second-order valence-electron chi connectivity index (χ2n) is 4.14. The van der Waals surface area contributed by atoms with Crippen molar-refractivity contribution in [1.29, 1.82) is 0 Å². The van der Waals surface area contributed by atoms with Crippen molar-refractivity contribution in [3.05, 3.63) is 0 Å². The Kier molecular flexibility index (Phi) is 3.80. The molecule has 0 bridgehead atoms. The van der Waals surface area contributed by atoms with E-state index in [4.69, 9.17) is 16.3 Å². The first-order valence-electron chi connectivity index (χ1n) is 4.54. The van der Waals surface area contributed by atoms with E-state index in [1.54, 1.807) is 0 Å². The molecule has 1 aliphatic heterocycles. The normalized spacial score (nSPS) is 27.5. The Balaban J connectivity index is 2.54. The minimum atomic E-state index is -3.31. The Hall–Kier alpha value is 0.160. The van der Waals surface area contributed by atoms with Crippen LogP contribution >= 0.6 is 11.6 Å². The average molecular weight is 242 g/mol. The highest BCUT2D eigenvalue weighted by Crippen LogP contribution is 2.24. The van der Waals surface area contributed by atoms with Crippen molar-refractivity contribution in [2.45, 2.75) is 38.3 Å². The lowest BCUT2D eigenvalue weighted by molar-refractivity contribution is -0.0599. The van der Waals surface area contributed by atoms with Crippen LogP contribution < -0.4 is 4.72 Å². The van der Waals surface area contributed by atoms with Crippen LogP contribution in [-0.4, -0.2) is 31.9 Å². The number of hydrogen-bond acceptors (Lipinski definition) is 3. The highest BCUT2D eigenvalue weighted by molar-refractivity contribution is 7.90. The molecule has 0 amide bonds. The average Bonchev–Trinajstić information content (AvgIpc) is 2.01. The van der Waals surface area contributed by atoms with Crippen molar-refractivity contribution in [2.75, 3.05) is 11.8 Å². The number of rotatable bonds is 3. The molecule has 0 spiro atoms. The van der Waals surface area contributed by atoms with Gasteiger partial charge in [0.15, 0.2) is 0 Å². The molecule has 0 radical (unpaired) electrons. The molecule has 14 heavy (non-hydrogen) atoms. The summed E-state index contributed by atoms with van der Waals surface area (Å²) >= 11 is 5.30. The van der Waals surface area contributed by atoms with E-state index in [0.717, 1.165) is 0 Å². The van der Waals surface area contributed by atoms with Crippen LogP contribution in [0.15, 0.2) is 0 Å². The van der Waals surface area contributed by atoms with Crippen molar-refractivity contribution in [3.8, 4) is 0 Å². The lowest BCUT2D eigenvalue weighted by Crippen LogP contribution is -2.45. The fourth-order valence-corrected chi connectivity index (χ4v) is 2.58. The van der Waals surface area contributed by atoms with E-state index in [1.807, 2.05) is 13.8 Å². The number of sulfonamides is 1. The topological polar surface area (TPSA) is 55.4 Å². The van der Waals surface area contributed by atoms with Crippen LogP contribution in [0.3, 0.4) is 0 Å². The van der Waals surface area contributed by atoms with E-state index in [2.05, 4.69) is 4.72 Å². The summed E-state index contributed by atoms with van der Waals surface area (Å²) < 4.78 is 30.4. The van der Waals surface area contributed by atoms with Gasteiger partial charge in [0.05, 0.1) is 5.60 Å². The molecule has 1 atom stereocenters. The Morgan fingerprint density at radius 2 is 2.21 bits per heavy atom. The van der Waals surface area contributed by atoms with E-state index in [9.17, 15) is 8.42 Å². The maximum atomic E-state index is 11.2. The monoisotopic (exact) mass is 241 g/mol. The van der Waals surface area contributed by atoms with E-state index < -0.39 is 10.0 Å². The van der Waals surface area contributed by atoms with Crippen molar-refractivity contribution in [1.82, 2.24) is 4.72 Å².